The minimum atomic E-state index is -3.34. The van der Waals surface area contributed by atoms with Gasteiger partial charge in [-0.25, -0.2) is 8.42 Å². The zero-order valence-electron chi connectivity index (χ0n) is 14.7. The second-order valence-corrected chi connectivity index (χ2v) is 10.2. The van der Waals surface area contributed by atoms with E-state index < -0.39 is 10.0 Å². The van der Waals surface area contributed by atoms with Crippen molar-refractivity contribution < 1.29 is 8.42 Å². The molecule has 0 spiro atoms. The maximum atomic E-state index is 12.7. The number of nitrogens with zero attached hydrogens (tertiary/aromatic N) is 3. The van der Waals surface area contributed by atoms with Gasteiger partial charge < -0.3 is 4.90 Å². The molecule has 0 radical (unpaired) electrons. The summed E-state index contributed by atoms with van der Waals surface area (Å²) in [7, 11) is -3.34. The van der Waals surface area contributed by atoms with E-state index in [1.54, 1.807) is 28.2 Å². The molecule has 5 rings (SSSR count). The highest BCUT2D eigenvalue weighted by Crippen LogP contribution is 2.44. The van der Waals surface area contributed by atoms with Gasteiger partial charge in [-0.2, -0.15) is 4.31 Å². The second kappa shape index (κ2) is 6.39. The Labute approximate surface area is 159 Å². The Bertz CT molecular complexity index is 871. The van der Waals surface area contributed by atoms with Crippen molar-refractivity contribution in [3.63, 3.8) is 0 Å². The molecule has 0 unspecified atom stereocenters. The van der Waals surface area contributed by atoms with Crippen molar-refractivity contribution in [3.8, 4) is 0 Å². The van der Waals surface area contributed by atoms with Crippen LogP contribution in [0.25, 0.3) is 5.70 Å². The van der Waals surface area contributed by atoms with Crippen molar-refractivity contribution in [2.45, 2.75) is 55.5 Å². The first-order chi connectivity index (χ1) is 12.6. The van der Waals surface area contributed by atoms with Crippen LogP contribution in [0.1, 0.15) is 44.1 Å². The molecular formula is C19H23N3O2S2. The molecule has 138 valence electrons. The van der Waals surface area contributed by atoms with Crippen LogP contribution in [-0.2, 0) is 10.0 Å². The number of benzene rings is 1. The lowest BCUT2D eigenvalue weighted by Crippen LogP contribution is -2.38. The summed E-state index contributed by atoms with van der Waals surface area (Å²) in [4.78, 5) is 7.70. The highest BCUT2D eigenvalue weighted by molar-refractivity contribution is 8.16. The summed E-state index contributed by atoms with van der Waals surface area (Å²) in [6, 6.07) is 8.34. The van der Waals surface area contributed by atoms with Crippen LogP contribution in [0.4, 0.5) is 0 Å². The summed E-state index contributed by atoms with van der Waals surface area (Å²) in [5.41, 5.74) is 2.25. The normalized spacial score (nSPS) is 28.7. The van der Waals surface area contributed by atoms with E-state index in [0.29, 0.717) is 30.1 Å². The predicted molar refractivity (Wildman–Crippen MR) is 105 cm³/mol. The average Bonchev–Trinajstić information content (AvgIpc) is 3.38. The van der Waals surface area contributed by atoms with Crippen LogP contribution in [0, 0.1) is 0 Å². The molecule has 1 aromatic rings. The summed E-state index contributed by atoms with van der Waals surface area (Å²) in [6.07, 6.45) is 6.84. The van der Waals surface area contributed by atoms with Crippen molar-refractivity contribution >= 4 is 32.6 Å². The number of hydrogen-bond donors (Lipinski definition) is 0. The summed E-state index contributed by atoms with van der Waals surface area (Å²) >= 11 is 1.70. The Morgan fingerprint density at radius 1 is 1.00 bits per heavy atom. The molecule has 2 fully saturated rings. The zero-order valence-corrected chi connectivity index (χ0v) is 16.3. The van der Waals surface area contributed by atoms with Crippen molar-refractivity contribution in [1.29, 1.82) is 0 Å². The minimum Gasteiger partial charge on any atom is -0.315 e. The molecule has 7 heteroatoms. The summed E-state index contributed by atoms with van der Waals surface area (Å²) in [5.74, 6) is 0. The van der Waals surface area contributed by atoms with Crippen LogP contribution in [0.2, 0.25) is 0 Å². The Morgan fingerprint density at radius 2 is 1.73 bits per heavy atom. The Kier molecular flexibility index (Phi) is 4.14. The number of hydrogen-bond acceptors (Lipinski definition) is 5. The van der Waals surface area contributed by atoms with Gasteiger partial charge >= 0.3 is 0 Å². The van der Waals surface area contributed by atoms with Crippen molar-refractivity contribution in [1.82, 2.24) is 9.21 Å². The lowest BCUT2D eigenvalue weighted by Gasteiger charge is -2.32. The Morgan fingerprint density at radius 3 is 2.50 bits per heavy atom. The first-order valence-corrected chi connectivity index (χ1v) is 11.8. The lowest BCUT2D eigenvalue weighted by atomic mass is 9.90. The van der Waals surface area contributed by atoms with Gasteiger partial charge in [-0.15, -0.1) is 0 Å². The van der Waals surface area contributed by atoms with Gasteiger partial charge in [-0.3, -0.25) is 4.99 Å². The molecule has 4 aliphatic rings. The van der Waals surface area contributed by atoms with Gasteiger partial charge in [0.05, 0.1) is 22.7 Å². The van der Waals surface area contributed by atoms with E-state index in [9.17, 15) is 8.42 Å². The van der Waals surface area contributed by atoms with Gasteiger partial charge in [0.15, 0.2) is 5.17 Å². The van der Waals surface area contributed by atoms with Gasteiger partial charge in [0.25, 0.3) is 0 Å². The topological polar surface area (TPSA) is 53.0 Å². The number of aliphatic imine (C=N–C) groups is 1. The summed E-state index contributed by atoms with van der Waals surface area (Å²) in [6.45, 7) is 1.28. The third-order valence-electron chi connectivity index (χ3n) is 5.90. The summed E-state index contributed by atoms with van der Waals surface area (Å²) in [5, 5.41) is 3.28. The van der Waals surface area contributed by atoms with Gasteiger partial charge in [0, 0.05) is 18.5 Å². The van der Waals surface area contributed by atoms with E-state index in [1.807, 2.05) is 12.1 Å². The smallest absolute Gasteiger partial charge is 0.243 e. The third-order valence-corrected chi connectivity index (χ3v) is 8.66. The van der Waals surface area contributed by atoms with Gasteiger partial charge in [-0.05, 0) is 43.4 Å². The molecule has 3 aliphatic heterocycles. The van der Waals surface area contributed by atoms with E-state index >= 15 is 0 Å². The molecule has 0 bridgehead atoms. The molecule has 0 N–H and O–H groups in total. The van der Waals surface area contributed by atoms with Crippen LogP contribution >= 0.6 is 11.8 Å². The molecular weight excluding hydrogens is 366 g/mol. The monoisotopic (exact) mass is 389 g/mol. The minimum absolute atomic E-state index is 0.403. The number of fused-ring (bicyclic) bond motifs is 3. The Balaban J connectivity index is 1.41. The zero-order chi connectivity index (χ0) is 17.7. The van der Waals surface area contributed by atoms with Crippen molar-refractivity contribution in [2.24, 2.45) is 4.99 Å². The molecule has 3 heterocycles. The molecule has 1 aliphatic carbocycles. The maximum absolute atomic E-state index is 12.7. The molecule has 26 heavy (non-hydrogen) atoms. The highest BCUT2D eigenvalue weighted by atomic mass is 32.2. The predicted octanol–water partition coefficient (Wildman–Crippen LogP) is 3.50. The first kappa shape index (κ1) is 16.8. The molecule has 1 saturated carbocycles. The Hall–Kier alpha value is -1.31. The molecule has 2 atom stereocenters. The largest absolute Gasteiger partial charge is 0.315 e. The first-order valence-electron chi connectivity index (χ1n) is 9.49. The third kappa shape index (κ3) is 2.63. The van der Waals surface area contributed by atoms with Gasteiger partial charge in [-0.1, -0.05) is 36.7 Å². The number of sulfonamides is 1. The van der Waals surface area contributed by atoms with Crippen molar-refractivity contribution in [2.75, 3.05) is 13.1 Å². The van der Waals surface area contributed by atoms with E-state index in [1.165, 1.54) is 31.4 Å². The second-order valence-electron chi connectivity index (χ2n) is 7.46. The van der Waals surface area contributed by atoms with E-state index in [-0.39, 0.29) is 0 Å². The van der Waals surface area contributed by atoms with Gasteiger partial charge in [0.1, 0.15) is 0 Å². The highest BCUT2D eigenvalue weighted by Gasteiger charge is 2.42. The van der Waals surface area contributed by atoms with Crippen LogP contribution in [0.3, 0.4) is 0 Å². The quantitative estimate of drug-likeness (QED) is 0.794. The molecule has 0 amide bonds. The fourth-order valence-corrected chi connectivity index (χ4v) is 7.03. The molecule has 0 aromatic heterocycles. The van der Waals surface area contributed by atoms with E-state index in [0.717, 1.165) is 23.6 Å². The number of amidine groups is 1. The fourth-order valence-electron chi connectivity index (χ4n) is 4.51. The van der Waals surface area contributed by atoms with Crippen molar-refractivity contribution in [3.05, 3.63) is 35.2 Å². The van der Waals surface area contributed by atoms with E-state index in [2.05, 4.69) is 10.3 Å². The molecule has 1 aromatic carbocycles. The van der Waals surface area contributed by atoms with Crippen LogP contribution in [0.15, 0.2) is 39.6 Å². The number of thioether (sulfide) groups is 1. The molecule has 1 saturated heterocycles. The van der Waals surface area contributed by atoms with Crippen LogP contribution in [-0.4, -0.2) is 48.0 Å². The SMILES string of the molecule is O=S(=O)(c1ccc(C2=CSC3=N[C@@H]4CCCC[C@H]4N23)cc1)N1CCCC1. The fraction of sp³-hybridized carbons (Fsp3) is 0.526. The van der Waals surface area contributed by atoms with Gasteiger partial charge in [0.2, 0.25) is 10.0 Å². The lowest BCUT2D eigenvalue weighted by molar-refractivity contribution is 0.305. The number of rotatable bonds is 3. The van der Waals surface area contributed by atoms with Crippen LogP contribution < -0.4 is 0 Å². The molecule has 5 nitrogen and oxygen atoms in total. The summed E-state index contributed by atoms with van der Waals surface area (Å²) < 4.78 is 27.0. The standard InChI is InChI=1S/C19H23N3O2S2/c23-26(24,21-11-3-4-12-21)15-9-7-14(8-10-15)18-13-25-19-20-16-5-1-2-6-17(16)22(18)19/h7-10,13,16-17H,1-6,11-12H2/t16-,17-/m1/s1. The maximum Gasteiger partial charge on any atom is 0.243 e. The van der Waals surface area contributed by atoms with Crippen LogP contribution in [0.5, 0.6) is 0 Å². The average molecular weight is 390 g/mol. The van der Waals surface area contributed by atoms with E-state index in [4.69, 9.17) is 4.99 Å².